The highest BCUT2D eigenvalue weighted by Gasteiger charge is 2.27. The van der Waals surface area contributed by atoms with Crippen LogP contribution in [0, 0.1) is 16.7 Å². The maximum Gasteiger partial charge on any atom is 0.0684 e. The van der Waals surface area contributed by atoms with E-state index in [1.165, 1.54) is 0 Å². The molecule has 0 radical (unpaired) electrons. The van der Waals surface area contributed by atoms with Crippen LogP contribution in [0.2, 0.25) is 0 Å². The van der Waals surface area contributed by atoms with Gasteiger partial charge in [-0.15, -0.1) is 0 Å². The largest absolute Gasteiger partial charge is 0.378 e. The van der Waals surface area contributed by atoms with Gasteiger partial charge in [-0.1, -0.05) is 0 Å². The van der Waals surface area contributed by atoms with Crippen molar-refractivity contribution in [2.45, 2.75) is 45.3 Å². The van der Waals surface area contributed by atoms with E-state index in [0.717, 1.165) is 19.3 Å². The first-order valence-corrected chi connectivity index (χ1v) is 4.82. The van der Waals surface area contributed by atoms with E-state index in [1.807, 2.05) is 13.8 Å². The van der Waals surface area contributed by atoms with Crippen LogP contribution in [0.3, 0.4) is 0 Å². The van der Waals surface area contributed by atoms with E-state index in [2.05, 4.69) is 6.07 Å². The minimum absolute atomic E-state index is 0.258. The average Bonchev–Trinajstić information content (AvgIpc) is 2.01. The first-order valence-electron chi connectivity index (χ1n) is 4.82. The summed E-state index contributed by atoms with van der Waals surface area (Å²) in [5, 5.41) is 8.75. The molecule has 0 aromatic heterocycles. The molecule has 0 amide bonds. The second-order valence-corrected chi connectivity index (χ2v) is 4.47. The molecule has 0 aromatic rings. The van der Waals surface area contributed by atoms with E-state index in [4.69, 9.17) is 15.7 Å². The van der Waals surface area contributed by atoms with Crippen molar-refractivity contribution in [1.82, 2.24) is 0 Å². The molecule has 1 rings (SSSR count). The van der Waals surface area contributed by atoms with Gasteiger partial charge in [0.1, 0.15) is 0 Å². The molecule has 0 atom stereocenters. The van der Waals surface area contributed by atoms with E-state index in [0.29, 0.717) is 18.8 Å². The molecule has 74 valence electrons. The van der Waals surface area contributed by atoms with Crippen LogP contribution >= 0.6 is 0 Å². The average molecular weight is 182 g/mol. The van der Waals surface area contributed by atoms with Gasteiger partial charge in [0.25, 0.3) is 0 Å². The fraction of sp³-hybridized carbons (Fsp3) is 0.900. The lowest BCUT2D eigenvalue weighted by atomic mass is 9.89. The lowest BCUT2D eigenvalue weighted by Crippen LogP contribution is -2.41. The first kappa shape index (κ1) is 10.5. The molecular formula is C10H18N2O. The Morgan fingerprint density at radius 3 is 2.62 bits per heavy atom. The highest BCUT2D eigenvalue weighted by Crippen LogP contribution is 2.24. The lowest BCUT2D eigenvalue weighted by Gasteiger charge is -2.32. The molecule has 0 spiro atoms. The third-order valence-corrected chi connectivity index (χ3v) is 2.51. The highest BCUT2D eigenvalue weighted by atomic mass is 16.5. The van der Waals surface area contributed by atoms with Crippen LogP contribution in [-0.4, -0.2) is 18.8 Å². The Kier molecular flexibility index (Phi) is 3.29. The van der Waals surface area contributed by atoms with Gasteiger partial charge in [0.2, 0.25) is 0 Å². The smallest absolute Gasteiger partial charge is 0.0684 e. The third kappa shape index (κ3) is 3.33. The molecule has 3 nitrogen and oxygen atoms in total. The molecule has 1 saturated carbocycles. The topological polar surface area (TPSA) is 59.0 Å². The van der Waals surface area contributed by atoms with Gasteiger partial charge in [0, 0.05) is 12.6 Å². The van der Waals surface area contributed by atoms with Gasteiger partial charge in [0.15, 0.2) is 0 Å². The minimum Gasteiger partial charge on any atom is -0.378 e. The summed E-state index contributed by atoms with van der Waals surface area (Å²) in [5.41, 5.74) is 5.36. The molecular weight excluding hydrogens is 164 g/mol. The summed E-state index contributed by atoms with van der Waals surface area (Å²) in [4.78, 5) is 0. The van der Waals surface area contributed by atoms with Crippen molar-refractivity contribution >= 4 is 0 Å². The molecule has 0 aliphatic heterocycles. The monoisotopic (exact) mass is 182 g/mol. The Hall–Kier alpha value is -0.590. The molecule has 0 saturated heterocycles. The number of nitrogens with two attached hydrogens (primary N) is 1. The maximum atomic E-state index is 8.75. The zero-order valence-corrected chi connectivity index (χ0v) is 8.42. The zero-order valence-electron chi connectivity index (χ0n) is 8.42. The van der Waals surface area contributed by atoms with Crippen LogP contribution in [-0.2, 0) is 4.74 Å². The molecule has 2 N–H and O–H groups in total. The van der Waals surface area contributed by atoms with Gasteiger partial charge in [-0.25, -0.2) is 0 Å². The standard InChI is InChI=1S/C10H18N2O/c1-10(2,7-11)3-4-13-9-5-8(12)6-9/h8-9H,3-6,12H2,1-2H3. The minimum atomic E-state index is -0.258. The molecule has 0 heterocycles. The number of nitriles is 1. The van der Waals surface area contributed by atoms with E-state index in [9.17, 15) is 0 Å². The maximum absolute atomic E-state index is 8.75. The van der Waals surface area contributed by atoms with Crippen LogP contribution in [0.15, 0.2) is 0 Å². The van der Waals surface area contributed by atoms with Crippen molar-refractivity contribution in [2.24, 2.45) is 11.1 Å². The third-order valence-electron chi connectivity index (χ3n) is 2.51. The van der Waals surface area contributed by atoms with E-state index in [-0.39, 0.29) is 5.41 Å². The van der Waals surface area contributed by atoms with Gasteiger partial charge in [0.05, 0.1) is 17.6 Å². The summed E-state index contributed by atoms with van der Waals surface area (Å²) in [6.45, 7) is 4.55. The Labute approximate surface area is 79.9 Å². The molecule has 0 unspecified atom stereocenters. The van der Waals surface area contributed by atoms with E-state index >= 15 is 0 Å². The SMILES string of the molecule is CC(C)(C#N)CCOC1CC(N)C1. The zero-order chi connectivity index (χ0) is 9.90. The summed E-state index contributed by atoms with van der Waals surface area (Å²) in [6.07, 6.45) is 3.11. The van der Waals surface area contributed by atoms with Crippen molar-refractivity contribution < 1.29 is 4.74 Å². The molecule has 13 heavy (non-hydrogen) atoms. The fourth-order valence-corrected chi connectivity index (χ4v) is 1.28. The summed E-state index contributed by atoms with van der Waals surface area (Å²) in [6, 6.07) is 2.60. The predicted octanol–water partition coefficient (Wildman–Crippen LogP) is 1.43. The highest BCUT2D eigenvalue weighted by molar-refractivity contribution is 4.91. The number of hydrogen-bond donors (Lipinski definition) is 1. The molecule has 0 aromatic carbocycles. The van der Waals surface area contributed by atoms with E-state index in [1.54, 1.807) is 0 Å². The number of rotatable bonds is 4. The van der Waals surface area contributed by atoms with Gasteiger partial charge >= 0.3 is 0 Å². The van der Waals surface area contributed by atoms with Crippen LogP contribution in [0.5, 0.6) is 0 Å². The van der Waals surface area contributed by atoms with Gasteiger partial charge in [-0.05, 0) is 33.1 Å². The predicted molar refractivity (Wildman–Crippen MR) is 51.0 cm³/mol. The number of hydrogen-bond acceptors (Lipinski definition) is 3. The summed E-state index contributed by atoms with van der Waals surface area (Å²) < 4.78 is 5.55. The van der Waals surface area contributed by atoms with Gasteiger partial charge in [-0.2, -0.15) is 5.26 Å². The Morgan fingerprint density at radius 2 is 2.15 bits per heavy atom. The van der Waals surface area contributed by atoms with Crippen LogP contribution < -0.4 is 5.73 Å². The lowest BCUT2D eigenvalue weighted by molar-refractivity contribution is -0.0156. The Balaban J connectivity index is 2.05. The van der Waals surface area contributed by atoms with Crippen molar-refractivity contribution in [3.8, 4) is 6.07 Å². The van der Waals surface area contributed by atoms with Gasteiger partial charge in [-0.3, -0.25) is 0 Å². The van der Waals surface area contributed by atoms with Crippen molar-refractivity contribution in [2.75, 3.05) is 6.61 Å². The second kappa shape index (κ2) is 4.08. The second-order valence-electron chi connectivity index (χ2n) is 4.47. The quantitative estimate of drug-likeness (QED) is 0.715. The first-order chi connectivity index (χ1) is 6.03. The van der Waals surface area contributed by atoms with Crippen LogP contribution in [0.1, 0.15) is 33.1 Å². The molecule has 1 aliphatic carbocycles. The van der Waals surface area contributed by atoms with E-state index < -0.39 is 0 Å². The summed E-state index contributed by atoms with van der Waals surface area (Å²) in [5.74, 6) is 0. The van der Waals surface area contributed by atoms with Crippen molar-refractivity contribution in [3.63, 3.8) is 0 Å². The fourth-order valence-electron chi connectivity index (χ4n) is 1.28. The van der Waals surface area contributed by atoms with Crippen LogP contribution in [0.4, 0.5) is 0 Å². The Morgan fingerprint density at radius 1 is 1.54 bits per heavy atom. The van der Waals surface area contributed by atoms with Gasteiger partial charge < -0.3 is 10.5 Å². The number of ether oxygens (including phenoxy) is 1. The van der Waals surface area contributed by atoms with Crippen molar-refractivity contribution in [1.29, 1.82) is 5.26 Å². The summed E-state index contributed by atoms with van der Waals surface area (Å²) >= 11 is 0. The molecule has 3 heteroatoms. The number of nitrogens with zero attached hydrogens (tertiary/aromatic N) is 1. The molecule has 0 bridgehead atoms. The summed E-state index contributed by atoms with van der Waals surface area (Å²) in [7, 11) is 0. The Bertz CT molecular complexity index is 201. The molecule has 1 aliphatic rings. The normalized spacial score (nSPS) is 27.8. The van der Waals surface area contributed by atoms with Crippen LogP contribution in [0.25, 0.3) is 0 Å². The molecule has 1 fully saturated rings. The van der Waals surface area contributed by atoms with Crippen molar-refractivity contribution in [3.05, 3.63) is 0 Å².